The van der Waals surface area contributed by atoms with Crippen LogP contribution in [-0.2, 0) is 19.5 Å². The van der Waals surface area contributed by atoms with Crippen LogP contribution < -0.4 is 26.3 Å². The number of nitrogens with two attached hydrogens (primary N) is 2. The first-order valence-electron chi connectivity index (χ1n) is 9.67. The molecule has 8 nitrogen and oxygen atoms in total. The minimum atomic E-state index is -0.682. The number of rotatable bonds is 7. The average Bonchev–Trinajstić information content (AvgIpc) is 2.75. The lowest BCUT2D eigenvalue weighted by molar-refractivity contribution is 0.0996. The van der Waals surface area contributed by atoms with Gasteiger partial charge in [0.15, 0.2) is 23.0 Å². The average molecular weight is 405 g/mol. The van der Waals surface area contributed by atoms with E-state index in [0.29, 0.717) is 38.4 Å². The van der Waals surface area contributed by atoms with E-state index in [-0.39, 0.29) is 11.5 Å². The number of nitrogens with one attached hydrogen (secondary N) is 1. The predicted molar refractivity (Wildman–Crippen MR) is 112 cm³/mol. The van der Waals surface area contributed by atoms with E-state index in [2.05, 4.69) is 27.4 Å². The molecule has 0 unspecified atom stereocenters. The maximum absolute atomic E-state index is 11.4. The zero-order valence-electron chi connectivity index (χ0n) is 16.4. The summed E-state index contributed by atoms with van der Waals surface area (Å²) in [4.78, 5) is 19.7. The molecular weight excluding hydrogens is 382 g/mol. The Balaban J connectivity index is 1.37. The van der Waals surface area contributed by atoms with Crippen LogP contribution in [0.5, 0.6) is 11.5 Å². The van der Waals surface area contributed by atoms with Gasteiger partial charge < -0.3 is 26.3 Å². The molecule has 1 aromatic heterocycles. The van der Waals surface area contributed by atoms with Crippen molar-refractivity contribution in [3.63, 3.8) is 0 Å². The summed E-state index contributed by atoms with van der Waals surface area (Å²) in [5, 5.41) is 3.45. The standard InChI is InChI=1S/C22H23N5O3/c23-21-20(22(24)28)27-17(13-26-21)9-14-2-1-3-15(8-14)11-25-12-16-4-5-18-19(10-16)30-7-6-29-18/h1-5,8,10,13,25H,6-7,9,11-12H2,(H2,23,26)(H2,24,28). The number of benzene rings is 2. The highest BCUT2D eigenvalue weighted by Gasteiger charge is 2.12. The lowest BCUT2D eigenvalue weighted by Gasteiger charge is -2.19. The Labute approximate surface area is 174 Å². The summed E-state index contributed by atoms with van der Waals surface area (Å²) in [6, 6.07) is 14.1. The van der Waals surface area contributed by atoms with E-state index >= 15 is 0 Å². The van der Waals surface area contributed by atoms with E-state index in [1.54, 1.807) is 6.20 Å². The summed E-state index contributed by atoms with van der Waals surface area (Å²) in [5.41, 5.74) is 14.9. The molecule has 2 heterocycles. The summed E-state index contributed by atoms with van der Waals surface area (Å²) >= 11 is 0. The number of amides is 1. The molecule has 5 N–H and O–H groups in total. The fourth-order valence-corrected chi connectivity index (χ4v) is 3.31. The second kappa shape index (κ2) is 8.79. The quantitative estimate of drug-likeness (QED) is 0.547. The molecule has 0 atom stereocenters. The van der Waals surface area contributed by atoms with Crippen LogP contribution in [0.25, 0.3) is 0 Å². The van der Waals surface area contributed by atoms with Gasteiger partial charge in [0.05, 0.1) is 11.9 Å². The fourth-order valence-electron chi connectivity index (χ4n) is 3.31. The van der Waals surface area contributed by atoms with Crippen LogP contribution in [0.15, 0.2) is 48.7 Å². The van der Waals surface area contributed by atoms with Crippen molar-refractivity contribution in [3.05, 3.63) is 76.7 Å². The van der Waals surface area contributed by atoms with Crippen LogP contribution in [0.1, 0.15) is 32.9 Å². The van der Waals surface area contributed by atoms with Crippen molar-refractivity contribution in [2.75, 3.05) is 18.9 Å². The van der Waals surface area contributed by atoms with Gasteiger partial charge in [0, 0.05) is 19.5 Å². The van der Waals surface area contributed by atoms with E-state index in [4.69, 9.17) is 20.9 Å². The zero-order chi connectivity index (χ0) is 20.9. The third-order valence-corrected chi connectivity index (χ3v) is 4.73. The normalized spacial score (nSPS) is 12.5. The highest BCUT2D eigenvalue weighted by molar-refractivity contribution is 5.94. The van der Waals surface area contributed by atoms with Gasteiger partial charge in [-0.2, -0.15) is 0 Å². The summed E-state index contributed by atoms with van der Waals surface area (Å²) in [6.07, 6.45) is 2.10. The summed E-state index contributed by atoms with van der Waals surface area (Å²) in [7, 11) is 0. The maximum Gasteiger partial charge on any atom is 0.271 e. The van der Waals surface area contributed by atoms with Crippen LogP contribution in [0, 0.1) is 0 Å². The first kappa shape index (κ1) is 19.7. The van der Waals surface area contributed by atoms with Crippen molar-refractivity contribution in [2.45, 2.75) is 19.5 Å². The topological polar surface area (TPSA) is 125 Å². The number of hydrogen-bond acceptors (Lipinski definition) is 7. The molecule has 0 radical (unpaired) electrons. The SMILES string of the molecule is NC(=O)c1nc(Cc2cccc(CNCc3ccc4c(c3)OCCO4)c2)cnc1N. The van der Waals surface area contributed by atoms with E-state index in [1.807, 2.05) is 30.3 Å². The number of hydrogen-bond donors (Lipinski definition) is 3. The van der Waals surface area contributed by atoms with Crippen molar-refractivity contribution in [1.29, 1.82) is 0 Å². The van der Waals surface area contributed by atoms with Crippen molar-refractivity contribution >= 4 is 11.7 Å². The highest BCUT2D eigenvalue weighted by Crippen LogP contribution is 2.30. The molecule has 3 aromatic rings. The molecule has 1 amide bonds. The molecule has 0 bridgehead atoms. The van der Waals surface area contributed by atoms with Gasteiger partial charge in [-0.3, -0.25) is 4.79 Å². The van der Waals surface area contributed by atoms with Gasteiger partial charge in [0.1, 0.15) is 13.2 Å². The third kappa shape index (κ3) is 4.66. The lowest BCUT2D eigenvalue weighted by atomic mass is 10.1. The molecule has 0 saturated carbocycles. The Morgan fingerprint density at radius 2 is 1.73 bits per heavy atom. The molecular formula is C22H23N5O3. The molecule has 0 aliphatic carbocycles. The number of carbonyl (C=O) groups excluding carboxylic acids is 1. The first-order valence-corrected chi connectivity index (χ1v) is 9.67. The smallest absolute Gasteiger partial charge is 0.271 e. The van der Waals surface area contributed by atoms with Crippen molar-refractivity contribution < 1.29 is 14.3 Å². The first-order chi connectivity index (χ1) is 14.6. The minimum absolute atomic E-state index is 0.00440. The zero-order valence-corrected chi connectivity index (χ0v) is 16.4. The van der Waals surface area contributed by atoms with Gasteiger partial charge in [0.2, 0.25) is 0 Å². The molecule has 1 aliphatic rings. The van der Waals surface area contributed by atoms with Crippen LogP contribution in [0.2, 0.25) is 0 Å². The Kier molecular flexibility index (Phi) is 5.76. The number of nitrogen functional groups attached to an aromatic ring is 1. The number of aromatic nitrogens is 2. The van der Waals surface area contributed by atoms with Crippen LogP contribution in [0.4, 0.5) is 5.82 Å². The summed E-state index contributed by atoms with van der Waals surface area (Å²) < 4.78 is 11.2. The van der Waals surface area contributed by atoms with E-state index in [1.165, 1.54) is 0 Å². The number of fused-ring (bicyclic) bond motifs is 1. The van der Waals surface area contributed by atoms with Crippen LogP contribution in [0.3, 0.4) is 0 Å². The number of primary amides is 1. The molecule has 2 aromatic carbocycles. The van der Waals surface area contributed by atoms with Crippen LogP contribution >= 0.6 is 0 Å². The molecule has 154 valence electrons. The van der Waals surface area contributed by atoms with Crippen molar-refractivity contribution in [2.24, 2.45) is 5.73 Å². The second-order valence-electron chi connectivity index (χ2n) is 7.04. The number of anilines is 1. The second-order valence-corrected chi connectivity index (χ2v) is 7.04. The molecule has 0 fully saturated rings. The Bertz CT molecular complexity index is 1070. The van der Waals surface area contributed by atoms with Gasteiger partial charge in [-0.1, -0.05) is 30.3 Å². The summed E-state index contributed by atoms with van der Waals surface area (Å²) in [6.45, 7) is 2.59. The Hall–Kier alpha value is -3.65. The number of carbonyl (C=O) groups is 1. The van der Waals surface area contributed by atoms with Crippen LogP contribution in [-0.4, -0.2) is 29.1 Å². The van der Waals surface area contributed by atoms with E-state index in [9.17, 15) is 4.79 Å². The molecule has 30 heavy (non-hydrogen) atoms. The van der Waals surface area contributed by atoms with E-state index in [0.717, 1.165) is 28.2 Å². The van der Waals surface area contributed by atoms with E-state index < -0.39 is 5.91 Å². The van der Waals surface area contributed by atoms with Gasteiger partial charge in [-0.15, -0.1) is 0 Å². The Morgan fingerprint density at radius 3 is 2.53 bits per heavy atom. The minimum Gasteiger partial charge on any atom is -0.486 e. The molecule has 4 rings (SSSR count). The van der Waals surface area contributed by atoms with Crippen molar-refractivity contribution in [3.8, 4) is 11.5 Å². The fraction of sp³-hybridized carbons (Fsp3) is 0.227. The maximum atomic E-state index is 11.4. The monoisotopic (exact) mass is 405 g/mol. The van der Waals surface area contributed by atoms with Gasteiger partial charge in [-0.05, 0) is 28.8 Å². The molecule has 8 heteroatoms. The van der Waals surface area contributed by atoms with Crippen molar-refractivity contribution in [1.82, 2.24) is 15.3 Å². The molecule has 1 aliphatic heterocycles. The molecule has 0 spiro atoms. The number of nitrogens with zero attached hydrogens (tertiary/aromatic N) is 2. The summed E-state index contributed by atoms with van der Waals surface area (Å²) in [5.74, 6) is 0.952. The largest absolute Gasteiger partial charge is 0.486 e. The van der Waals surface area contributed by atoms with Gasteiger partial charge >= 0.3 is 0 Å². The highest BCUT2D eigenvalue weighted by atomic mass is 16.6. The lowest BCUT2D eigenvalue weighted by Crippen LogP contribution is -2.17. The van der Waals surface area contributed by atoms with Gasteiger partial charge in [-0.25, -0.2) is 9.97 Å². The Morgan fingerprint density at radius 1 is 1.00 bits per heavy atom. The predicted octanol–water partition coefficient (Wildman–Crippen LogP) is 1.81. The third-order valence-electron chi connectivity index (χ3n) is 4.73. The molecule has 0 saturated heterocycles. The van der Waals surface area contributed by atoms with Gasteiger partial charge in [0.25, 0.3) is 5.91 Å². The number of ether oxygens (including phenoxy) is 2.